The van der Waals surface area contributed by atoms with E-state index in [1.807, 2.05) is 29.6 Å². The minimum absolute atomic E-state index is 0.0479. The summed E-state index contributed by atoms with van der Waals surface area (Å²) in [6.45, 7) is 0.514. The highest BCUT2D eigenvalue weighted by molar-refractivity contribution is 7.13. The molecule has 106 valence electrons. The van der Waals surface area contributed by atoms with E-state index in [4.69, 9.17) is 5.73 Å². The van der Waals surface area contributed by atoms with Crippen molar-refractivity contribution in [2.45, 2.75) is 13.0 Å². The first-order valence-electron chi connectivity index (χ1n) is 6.65. The highest BCUT2D eigenvalue weighted by Gasteiger charge is 2.07. The number of amides is 1. The third-order valence-corrected chi connectivity index (χ3v) is 3.99. The maximum atomic E-state index is 11.9. The molecule has 0 fully saturated rings. The van der Waals surface area contributed by atoms with E-state index >= 15 is 0 Å². The first kappa shape index (κ1) is 13.6. The molecule has 0 spiro atoms. The molecule has 4 nitrogen and oxygen atoms in total. The van der Waals surface area contributed by atoms with Crippen LogP contribution < -0.4 is 11.1 Å². The van der Waals surface area contributed by atoms with E-state index in [0.717, 1.165) is 5.56 Å². The summed E-state index contributed by atoms with van der Waals surface area (Å²) in [6, 6.07) is 14.3. The van der Waals surface area contributed by atoms with Gasteiger partial charge < -0.3 is 11.1 Å². The summed E-state index contributed by atoms with van der Waals surface area (Å²) >= 11 is 1.35. The van der Waals surface area contributed by atoms with Crippen LogP contribution in [0.3, 0.4) is 0 Å². The third kappa shape index (κ3) is 3.20. The quantitative estimate of drug-likeness (QED) is 0.778. The molecule has 1 aromatic heterocycles. The molecule has 2 aromatic carbocycles. The van der Waals surface area contributed by atoms with Crippen molar-refractivity contribution in [3.63, 3.8) is 0 Å². The molecule has 5 heteroatoms. The Hall–Kier alpha value is -2.40. The fourth-order valence-corrected chi connectivity index (χ4v) is 2.83. The molecule has 1 amide bonds. The molecular weight excluding hydrogens is 282 g/mol. The molecule has 0 bridgehead atoms. The first-order valence-corrected chi connectivity index (χ1v) is 7.53. The van der Waals surface area contributed by atoms with E-state index in [9.17, 15) is 4.79 Å². The second-order valence-electron chi connectivity index (χ2n) is 4.77. The number of hydrogen-bond donors (Lipinski definition) is 2. The number of fused-ring (bicyclic) bond motifs is 1. The summed E-state index contributed by atoms with van der Waals surface area (Å²) in [7, 11) is 0. The number of anilines is 1. The van der Waals surface area contributed by atoms with Crippen LogP contribution in [0.15, 0.2) is 47.8 Å². The maximum Gasteiger partial charge on any atom is 0.226 e. The minimum atomic E-state index is -0.0479. The van der Waals surface area contributed by atoms with Gasteiger partial charge in [-0.05, 0) is 16.3 Å². The van der Waals surface area contributed by atoms with Gasteiger partial charge in [-0.2, -0.15) is 0 Å². The van der Waals surface area contributed by atoms with E-state index in [0.29, 0.717) is 17.4 Å². The van der Waals surface area contributed by atoms with Crippen molar-refractivity contribution in [3.8, 4) is 0 Å². The molecule has 0 aliphatic carbocycles. The van der Waals surface area contributed by atoms with Crippen LogP contribution in [0, 0.1) is 0 Å². The van der Waals surface area contributed by atoms with Crippen LogP contribution in [0.2, 0.25) is 0 Å². The lowest BCUT2D eigenvalue weighted by Gasteiger charge is -2.08. The number of rotatable bonds is 4. The number of aromatic nitrogens is 1. The van der Waals surface area contributed by atoms with Crippen LogP contribution in [-0.2, 0) is 17.8 Å². The molecule has 0 aliphatic rings. The summed E-state index contributed by atoms with van der Waals surface area (Å²) < 4.78 is 0. The molecule has 21 heavy (non-hydrogen) atoms. The fourth-order valence-electron chi connectivity index (χ4n) is 2.27. The molecule has 0 aliphatic heterocycles. The van der Waals surface area contributed by atoms with Crippen molar-refractivity contribution in [2.24, 2.45) is 0 Å². The zero-order valence-electron chi connectivity index (χ0n) is 11.4. The summed E-state index contributed by atoms with van der Waals surface area (Å²) in [5.41, 5.74) is 7.38. The topological polar surface area (TPSA) is 68.0 Å². The molecule has 0 saturated carbocycles. The van der Waals surface area contributed by atoms with Crippen LogP contribution in [0.4, 0.5) is 5.13 Å². The first-order chi connectivity index (χ1) is 10.2. The Morgan fingerprint density at radius 3 is 2.81 bits per heavy atom. The van der Waals surface area contributed by atoms with Crippen molar-refractivity contribution < 1.29 is 4.79 Å². The highest BCUT2D eigenvalue weighted by atomic mass is 32.1. The summed E-state index contributed by atoms with van der Waals surface area (Å²) in [4.78, 5) is 16.0. The van der Waals surface area contributed by atoms with Crippen LogP contribution >= 0.6 is 11.3 Å². The number of benzene rings is 2. The van der Waals surface area contributed by atoms with Gasteiger partial charge in [-0.1, -0.05) is 42.5 Å². The largest absolute Gasteiger partial charge is 0.375 e. The smallest absolute Gasteiger partial charge is 0.226 e. The number of hydrogen-bond acceptors (Lipinski definition) is 4. The lowest BCUT2D eigenvalue weighted by Crippen LogP contribution is -2.24. The van der Waals surface area contributed by atoms with Gasteiger partial charge in [0.2, 0.25) is 5.91 Å². The Morgan fingerprint density at radius 2 is 2.00 bits per heavy atom. The van der Waals surface area contributed by atoms with E-state index in [1.54, 1.807) is 0 Å². The van der Waals surface area contributed by atoms with E-state index < -0.39 is 0 Å². The zero-order valence-corrected chi connectivity index (χ0v) is 12.2. The number of carbonyl (C=O) groups excluding carboxylic acids is 1. The average Bonchev–Trinajstić information content (AvgIpc) is 2.90. The second-order valence-corrected chi connectivity index (χ2v) is 5.66. The number of nitrogens with one attached hydrogen (secondary N) is 1. The van der Waals surface area contributed by atoms with E-state index in [1.165, 1.54) is 22.1 Å². The highest BCUT2D eigenvalue weighted by Crippen LogP contribution is 2.18. The average molecular weight is 297 g/mol. The van der Waals surface area contributed by atoms with Crippen LogP contribution in [-0.4, -0.2) is 10.9 Å². The Labute approximate surface area is 126 Å². The fraction of sp³-hybridized carbons (Fsp3) is 0.125. The Balaban J connectivity index is 1.67. The second kappa shape index (κ2) is 5.93. The molecular formula is C16H15N3OS. The van der Waals surface area contributed by atoms with Crippen molar-refractivity contribution in [1.82, 2.24) is 10.3 Å². The van der Waals surface area contributed by atoms with Gasteiger partial charge in [0.15, 0.2) is 5.13 Å². The van der Waals surface area contributed by atoms with Gasteiger partial charge in [0.05, 0.1) is 12.1 Å². The van der Waals surface area contributed by atoms with E-state index in [2.05, 4.69) is 28.5 Å². The molecule has 1 heterocycles. The van der Waals surface area contributed by atoms with Gasteiger partial charge in [-0.15, -0.1) is 11.3 Å². The predicted octanol–water partition coefficient (Wildman–Crippen LogP) is 2.74. The molecule has 3 rings (SSSR count). The third-order valence-electron chi connectivity index (χ3n) is 3.27. The number of thiazole rings is 1. The zero-order chi connectivity index (χ0) is 14.7. The van der Waals surface area contributed by atoms with E-state index in [-0.39, 0.29) is 12.3 Å². The molecule has 0 atom stereocenters. The van der Waals surface area contributed by atoms with Gasteiger partial charge in [0, 0.05) is 11.9 Å². The van der Waals surface area contributed by atoms with Crippen LogP contribution in [0.25, 0.3) is 10.8 Å². The van der Waals surface area contributed by atoms with Crippen molar-refractivity contribution in [2.75, 3.05) is 5.73 Å². The SMILES string of the molecule is Nc1nc(CC(=O)NCc2cccc3ccccc23)cs1. The molecule has 0 saturated heterocycles. The van der Waals surface area contributed by atoms with Crippen molar-refractivity contribution >= 4 is 33.1 Å². The predicted molar refractivity (Wildman–Crippen MR) is 86.0 cm³/mol. The molecule has 0 radical (unpaired) electrons. The number of nitrogens with two attached hydrogens (primary N) is 1. The summed E-state index contributed by atoms with van der Waals surface area (Å²) in [6.07, 6.45) is 0.262. The van der Waals surface area contributed by atoms with Gasteiger partial charge in [-0.25, -0.2) is 4.98 Å². The number of nitrogens with zero attached hydrogens (tertiary/aromatic N) is 1. The Kier molecular flexibility index (Phi) is 3.83. The van der Waals surface area contributed by atoms with Crippen molar-refractivity contribution in [3.05, 3.63) is 59.1 Å². The molecule has 0 unspecified atom stereocenters. The van der Waals surface area contributed by atoms with Crippen LogP contribution in [0.1, 0.15) is 11.3 Å². The minimum Gasteiger partial charge on any atom is -0.375 e. The summed E-state index contributed by atoms with van der Waals surface area (Å²) in [5.74, 6) is -0.0479. The monoisotopic (exact) mass is 297 g/mol. The number of nitrogen functional groups attached to an aromatic ring is 1. The normalized spacial score (nSPS) is 10.7. The maximum absolute atomic E-state index is 11.9. The molecule has 3 N–H and O–H groups in total. The molecule has 3 aromatic rings. The van der Waals surface area contributed by atoms with Gasteiger partial charge in [0.25, 0.3) is 0 Å². The Bertz CT molecular complexity index is 777. The van der Waals surface area contributed by atoms with Gasteiger partial charge in [0.1, 0.15) is 0 Å². The van der Waals surface area contributed by atoms with Gasteiger partial charge >= 0.3 is 0 Å². The van der Waals surface area contributed by atoms with Crippen molar-refractivity contribution in [1.29, 1.82) is 0 Å². The number of carbonyl (C=O) groups is 1. The van der Waals surface area contributed by atoms with Gasteiger partial charge in [-0.3, -0.25) is 4.79 Å². The standard InChI is InChI=1S/C16H15N3OS/c17-16-19-13(10-21-16)8-15(20)18-9-12-6-3-5-11-4-1-2-7-14(11)12/h1-7,10H,8-9H2,(H2,17,19)(H,18,20). The lowest BCUT2D eigenvalue weighted by atomic mass is 10.0. The summed E-state index contributed by atoms with van der Waals surface area (Å²) in [5, 5.41) is 7.58. The Morgan fingerprint density at radius 1 is 1.19 bits per heavy atom. The van der Waals surface area contributed by atoms with Crippen LogP contribution in [0.5, 0.6) is 0 Å². The lowest BCUT2D eigenvalue weighted by molar-refractivity contribution is -0.120.